The molecule has 2 heterocycles. The van der Waals surface area contributed by atoms with Gasteiger partial charge >= 0.3 is 0 Å². The topological polar surface area (TPSA) is 21.1 Å². The normalized spacial score (nSPS) is 19.6. The van der Waals surface area contributed by atoms with Gasteiger partial charge in [0.25, 0.3) is 0 Å². The highest BCUT2D eigenvalue weighted by Gasteiger charge is 2.25. The van der Waals surface area contributed by atoms with E-state index in [1.807, 2.05) is 26.2 Å². The van der Waals surface area contributed by atoms with Crippen LogP contribution in [0.4, 0.5) is 0 Å². The minimum atomic E-state index is 0.540. The molecule has 0 saturated carbocycles. The van der Waals surface area contributed by atoms with Crippen molar-refractivity contribution in [2.75, 3.05) is 13.1 Å². The third-order valence-electron chi connectivity index (χ3n) is 3.50. The average molecular weight is 237 g/mol. The predicted octanol–water partition coefficient (Wildman–Crippen LogP) is 3.07. The standard InChI is InChI=1S/C12H21N3.C2H6/c1-12(2)4-7-15(8-5-12)10-11-13-6-9-14(11)3;1-2/h6,9H,4-5,7-8,10H2,1-3H3;1-2H3. The maximum Gasteiger partial charge on any atom is 0.122 e. The lowest BCUT2D eigenvalue weighted by Gasteiger charge is -2.36. The van der Waals surface area contributed by atoms with E-state index >= 15 is 0 Å². The van der Waals surface area contributed by atoms with Crippen molar-refractivity contribution in [2.45, 2.75) is 47.1 Å². The van der Waals surface area contributed by atoms with Crippen LogP contribution >= 0.6 is 0 Å². The van der Waals surface area contributed by atoms with Crippen molar-refractivity contribution in [3.63, 3.8) is 0 Å². The number of nitrogens with zero attached hydrogens (tertiary/aromatic N) is 3. The fourth-order valence-electron chi connectivity index (χ4n) is 2.07. The van der Waals surface area contributed by atoms with E-state index in [4.69, 9.17) is 0 Å². The summed E-state index contributed by atoms with van der Waals surface area (Å²) in [6, 6.07) is 0. The number of hydrogen-bond acceptors (Lipinski definition) is 2. The van der Waals surface area contributed by atoms with Gasteiger partial charge in [0.05, 0.1) is 6.54 Å². The van der Waals surface area contributed by atoms with E-state index in [9.17, 15) is 0 Å². The highest BCUT2D eigenvalue weighted by molar-refractivity contribution is 4.92. The van der Waals surface area contributed by atoms with Crippen molar-refractivity contribution in [1.82, 2.24) is 14.5 Å². The smallest absolute Gasteiger partial charge is 0.122 e. The zero-order valence-electron chi connectivity index (χ0n) is 12.0. The van der Waals surface area contributed by atoms with Gasteiger partial charge in [-0.15, -0.1) is 0 Å². The highest BCUT2D eigenvalue weighted by Crippen LogP contribution is 2.30. The Morgan fingerprint density at radius 3 is 2.29 bits per heavy atom. The Bertz CT molecular complexity index is 318. The van der Waals surface area contributed by atoms with Gasteiger partial charge in [-0.2, -0.15) is 0 Å². The molecule has 17 heavy (non-hydrogen) atoms. The molecule has 0 amide bonds. The second-order valence-corrected chi connectivity index (χ2v) is 5.39. The zero-order valence-corrected chi connectivity index (χ0v) is 12.0. The lowest BCUT2D eigenvalue weighted by molar-refractivity contribution is 0.124. The van der Waals surface area contributed by atoms with Crippen LogP contribution in [0.2, 0.25) is 0 Å². The quantitative estimate of drug-likeness (QED) is 0.788. The molecular formula is C14H27N3. The Balaban J connectivity index is 0.000000686. The van der Waals surface area contributed by atoms with Gasteiger partial charge < -0.3 is 4.57 Å². The fraction of sp³-hybridized carbons (Fsp3) is 0.786. The SMILES string of the molecule is CC.Cn1ccnc1CN1CCC(C)(C)CC1. The Hall–Kier alpha value is -0.830. The van der Waals surface area contributed by atoms with E-state index in [2.05, 4.69) is 35.3 Å². The molecule has 2 rings (SSSR count). The van der Waals surface area contributed by atoms with Gasteiger partial charge in [0, 0.05) is 19.4 Å². The molecule has 0 radical (unpaired) electrons. The summed E-state index contributed by atoms with van der Waals surface area (Å²) >= 11 is 0. The molecule has 1 fully saturated rings. The van der Waals surface area contributed by atoms with E-state index in [1.165, 1.54) is 31.8 Å². The average Bonchev–Trinajstić information content (AvgIpc) is 2.70. The summed E-state index contributed by atoms with van der Waals surface area (Å²) in [7, 11) is 2.07. The summed E-state index contributed by atoms with van der Waals surface area (Å²) in [5.74, 6) is 1.18. The van der Waals surface area contributed by atoms with Crippen molar-refractivity contribution in [3.05, 3.63) is 18.2 Å². The van der Waals surface area contributed by atoms with Crippen LogP contribution in [0.1, 0.15) is 46.4 Å². The summed E-state index contributed by atoms with van der Waals surface area (Å²) in [6.45, 7) is 12.1. The largest absolute Gasteiger partial charge is 0.337 e. The molecule has 0 spiro atoms. The predicted molar refractivity (Wildman–Crippen MR) is 72.8 cm³/mol. The van der Waals surface area contributed by atoms with Gasteiger partial charge in [-0.05, 0) is 31.3 Å². The zero-order chi connectivity index (χ0) is 12.9. The van der Waals surface area contributed by atoms with Crippen molar-refractivity contribution < 1.29 is 0 Å². The third-order valence-corrected chi connectivity index (χ3v) is 3.50. The molecule has 1 saturated heterocycles. The van der Waals surface area contributed by atoms with E-state index in [1.54, 1.807) is 0 Å². The van der Waals surface area contributed by atoms with E-state index < -0.39 is 0 Å². The summed E-state index contributed by atoms with van der Waals surface area (Å²) < 4.78 is 2.11. The van der Waals surface area contributed by atoms with Crippen LogP contribution in [0, 0.1) is 5.41 Å². The number of aromatic nitrogens is 2. The van der Waals surface area contributed by atoms with Gasteiger partial charge in [0.2, 0.25) is 0 Å². The van der Waals surface area contributed by atoms with Gasteiger partial charge in [0.15, 0.2) is 0 Å². The van der Waals surface area contributed by atoms with Crippen molar-refractivity contribution in [2.24, 2.45) is 12.5 Å². The first-order valence-corrected chi connectivity index (χ1v) is 6.75. The molecule has 0 atom stereocenters. The second kappa shape index (κ2) is 6.20. The molecule has 3 heteroatoms. The molecule has 0 aromatic carbocycles. The molecule has 1 aromatic heterocycles. The summed E-state index contributed by atoms with van der Waals surface area (Å²) in [4.78, 5) is 6.88. The van der Waals surface area contributed by atoms with E-state index in [0.29, 0.717) is 5.41 Å². The van der Waals surface area contributed by atoms with Crippen LogP contribution in [0.25, 0.3) is 0 Å². The van der Waals surface area contributed by atoms with Crippen molar-refractivity contribution >= 4 is 0 Å². The summed E-state index contributed by atoms with van der Waals surface area (Å²) in [6.07, 6.45) is 6.50. The number of aryl methyl sites for hydroxylation is 1. The van der Waals surface area contributed by atoms with Crippen molar-refractivity contribution in [1.29, 1.82) is 0 Å². The molecule has 0 unspecified atom stereocenters. The minimum Gasteiger partial charge on any atom is -0.337 e. The Labute approximate surface area is 106 Å². The molecule has 1 aliphatic heterocycles. The fourth-order valence-corrected chi connectivity index (χ4v) is 2.07. The van der Waals surface area contributed by atoms with Crippen LogP contribution in [0.3, 0.4) is 0 Å². The summed E-state index contributed by atoms with van der Waals surface area (Å²) in [5.41, 5.74) is 0.540. The second-order valence-electron chi connectivity index (χ2n) is 5.39. The summed E-state index contributed by atoms with van der Waals surface area (Å²) in [5, 5.41) is 0. The molecule has 0 bridgehead atoms. The Morgan fingerprint density at radius 1 is 1.24 bits per heavy atom. The first kappa shape index (κ1) is 14.2. The monoisotopic (exact) mass is 237 g/mol. The Morgan fingerprint density at radius 2 is 1.82 bits per heavy atom. The lowest BCUT2D eigenvalue weighted by Crippen LogP contribution is -2.37. The molecule has 1 aromatic rings. The third kappa shape index (κ3) is 4.15. The van der Waals surface area contributed by atoms with Crippen LogP contribution in [-0.4, -0.2) is 27.5 Å². The number of likely N-dealkylation sites (tertiary alicyclic amines) is 1. The lowest BCUT2D eigenvalue weighted by atomic mass is 9.83. The van der Waals surface area contributed by atoms with Gasteiger partial charge in [-0.25, -0.2) is 4.98 Å². The van der Waals surface area contributed by atoms with Crippen molar-refractivity contribution in [3.8, 4) is 0 Å². The molecular weight excluding hydrogens is 210 g/mol. The highest BCUT2D eigenvalue weighted by atomic mass is 15.2. The molecule has 1 aliphatic rings. The number of rotatable bonds is 2. The van der Waals surface area contributed by atoms with E-state index in [0.717, 1.165) is 6.54 Å². The van der Waals surface area contributed by atoms with Gasteiger partial charge in [-0.3, -0.25) is 4.90 Å². The van der Waals surface area contributed by atoms with Crippen LogP contribution < -0.4 is 0 Å². The van der Waals surface area contributed by atoms with Crippen LogP contribution in [0.5, 0.6) is 0 Å². The first-order chi connectivity index (χ1) is 8.07. The van der Waals surface area contributed by atoms with Gasteiger partial charge in [0.1, 0.15) is 5.82 Å². The van der Waals surface area contributed by atoms with Crippen LogP contribution in [0.15, 0.2) is 12.4 Å². The minimum absolute atomic E-state index is 0.540. The first-order valence-electron chi connectivity index (χ1n) is 6.75. The number of piperidine rings is 1. The Kier molecular flexibility index (Phi) is 5.19. The van der Waals surface area contributed by atoms with Gasteiger partial charge in [-0.1, -0.05) is 27.7 Å². The molecule has 3 nitrogen and oxygen atoms in total. The molecule has 98 valence electrons. The number of imidazole rings is 1. The maximum atomic E-state index is 4.37. The number of hydrogen-bond donors (Lipinski definition) is 0. The van der Waals surface area contributed by atoms with E-state index in [-0.39, 0.29) is 0 Å². The molecule has 0 aliphatic carbocycles. The maximum absolute atomic E-state index is 4.37. The molecule has 0 N–H and O–H groups in total. The van der Waals surface area contributed by atoms with Crippen LogP contribution in [-0.2, 0) is 13.6 Å².